The molecule has 0 saturated heterocycles. The second-order valence-electron chi connectivity index (χ2n) is 8.08. The van der Waals surface area contributed by atoms with E-state index < -0.39 is 0 Å². The summed E-state index contributed by atoms with van der Waals surface area (Å²) in [6.45, 7) is 4.63. The SMILES string of the molecule is CCCCNC(=O)O[C@H]1C=CC23CCN(C)Cc4ccc(OC)c(c42)O[C@H]3C1. The van der Waals surface area contributed by atoms with Crippen LogP contribution in [0.4, 0.5) is 4.79 Å². The highest BCUT2D eigenvalue weighted by Gasteiger charge is 2.53. The minimum Gasteiger partial charge on any atom is -0.493 e. The molecule has 4 rings (SSSR count). The third-order valence-electron chi connectivity index (χ3n) is 6.19. The predicted molar refractivity (Wildman–Crippen MR) is 107 cm³/mol. The molecule has 1 spiro atoms. The van der Waals surface area contributed by atoms with Gasteiger partial charge in [0.15, 0.2) is 11.5 Å². The highest BCUT2D eigenvalue weighted by molar-refractivity contribution is 5.67. The van der Waals surface area contributed by atoms with Crippen LogP contribution in [0.3, 0.4) is 0 Å². The molecular weight excluding hydrogens is 356 g/mol. The van der Waals surface area contributed by atoms with Gasteiger partial charge in [-0.1, -0.05) is 25.5 Å². The van der Waals surface area contributed by atoms with Gasteiger partial charge in [0, 0.05) is 25.1 Å². The van der Waals surface area contributed by atoms with E-state index in [2.05, 4.69) is 36.3 Å². The molecule has 0 aromatic heterocycles. The van der Waals surface area contributed by atoms with E-state index in [0.29, 0.717) is 13.0 Å². The molecule has 3 atom stereocenters. The molecule has 2 aliphatic heterocycles. The van der Waals surface area contributed by atoms with Crippen LogP contribution in [0.2, 0.25) is 0 Å². The largest absolute Gasteiger partial charge is 0.493 e. The van der Waals surface area contributed by atoms with Crippen molar-refractivity contribution in [2.45, 2.75) is 56.8 Å². The summed E-state index contributed by atoms with van der Waals surface area (Å²) in [7, 11) is 3.84. The fourth-order valence-corrected chi connectivity index (χ4v) is 4.70. The number of hydrogen-bond acceptors (Lipinski definition) is 5. The molecule has 0 saturated carbocycles. The minimum atomic E-state index is -0.353. The van der Waals surface area contributed by atoms with Crippen molar-refractivity contribution in [2.75, 3.05) is 27.2 Å². The number of rotatable bonds is 5. The zero-order chi connectivity index (χ0) is 19.7. The van der Waals surface area contributed by atoms with Gasteiger partial charge < -0.3 is 24.4 Å². The molecule has 3 aliphatic rings. The lowest BCUT2D eigenvalue weighted by atomic mass is 9.69. The van der Waals surface area contributed by atoms with Gasteiger partial charge in [-0.2, -0.15) is 0 Å². The number of ether oxygens (including phenoxy) is 3. The van der Waals surface area contributed by atoms with E-state index in [1.54, 1.807) is 7.11 Å². The molecule has 1 aromatic carbocycles. The first-order chi connectivity index (χ1) is 13.6. The number of carbonyl (C=O) groups excluding carboxylic acids is 1. The lowest BCUT2D eigenvalue weighted by Gasteiger charge is -2.36. The van der Waals surface area contributed by atoms with Crippen molar-refractivity contribution in [1.29, 1.82) is 0 Å². The fraction of sp³-hybridized carbons (Fsp3) is 0.591. The molecule has 1 aliphatic carbocycles. The highest BCUT2D eigenvalue weighted by atomic mass is 16.6. The zero-order valence-corrected chi connectivity index (χ0v) is 17.0. The molecule has 152 valence electrons. The van der Waals surface area contributed by atoms with Crippen LogP contribution >= 0.6 is 0 Å². The van der Waals surface area contributed by atoms with Gasteiger partial charge in [0.25, 0.3) is 0 Å². The van der Waals surface area contributed by atoms with Gasteiger partial charge in [0.2, 0.25) is 0 Å². The van der Waals surface area contributed by atoms with Gasteiger partial charge in [-0.15, -0.1) is 0 Å². The number of hydrogen-bond donors (Lipinski definition) is 1. The first kappa shape index (κ1) is 19.1. The second-order valence-corrected chi connectivity index (χ2v) is 8.08. The maximum absolute atomic E-state index is 12.1. The summed E-state index contributed by atoms with van der Waals surface area (Å²) in [6.07, 6.45) is 7.21. The Hall–Kier alpha value is -2.21. The highest BCUT2D eigenvalue weighted by Crippen LogP contribution is 2.55. The topological polar surface area (TPSA) is 60.0 Å². The van der Waals surface area contributed by atoms with Crippen molar-refractivity contribution in [3.63, 3.8) is 0 Å². The first-order valence-corrected chi connectivity index (χ1v) is 10.3. The van der Waals surface area contributed by atoms with Crippen molar-refractivity contribution < 1.29 is 19.0 Å². The van der Waals surface area contributed by atoms with Crippen LogP contribution in [0.25, 0.3) is 0 Å². The van der Waals surface area contributed by atoms with Gasteiger partial charge in [0.1, 0.15) is 12.2 Å². The summed E-state index contributed by atoms with van der Waals surface area (Å²) in [5.74, 6) is 1.64. The van der Waals surface area contributed by atoms with E-state index in [1.165, 1.54) is 11.1 Å². The first-order valence-electron chi connectivity index (χ1n) is 10.3. The van der Waals surface area contributed by atoms with Crippen LogP contribution in [-0.2, 0) is 16.7 Å². The third kappa shape index (κ3) is 3.24. The Bertz CT molecular complexity index is 778. The normalized spacial score (nSPS) is 28.0. The number of unbranched alkanes of at least 4 members (excludes halogenated alkanes) is 1. The van der Waals surface area contributed by atoms with E-state index in [1.807, 2.05) is 12.1 Å². The maximum atomic E-state index is 12.1. The van der Waals surface area contributed by atoms with Crippen LogP contribution in [0.5, 0.6) is 11.5 Å². The average molecular weight is 386 g/mol. The molecule has 0 radical (unpaired) electrons. The monoisotopic (exact) mass is 386 g/mol. The fourth-order valence-electron chi connectivity index (χ4n) is 4.70. The molecule has 28 heavy (non-hydrogen) atoms. The summed E-state index contributed by atoms with van der Waals surface area (Å²) in [5.41, 5.74) is 2.37. The van der Waals surface area contributed by atoms with Gasteiger partial charge >= 0.3 is 6.09 Å². The molecular formula is C22H30N2O4. The van der Waals surface area contributed by atoms with Gasteiger partial charge in [-0.3, -0.25) is 0 Å². The Morgan fingerprint density at radius 2 is 2.29 bits per heavy atom. The van der Waals surface area contributed by atoms with Gasteiger partial charge in [0.05, 0.1) is 12.5 Å². The number of carbonyl (C=O) groups is 1. The lowest BCUT2D eigenvalue weighted by molar-refractivity contribution is 0.0606. The standard InChI is InChI=1S/C22H30N2O4/c1-4-5-11-23-21(25)27-16-8-9-22-10-12-24(2)14-15-6-7-17(26-3)20(19(15)22)28-18(22)13-16/h6-9,16,18H,4-5,10-14H2,1-3H3,(H,23,25)/t16-,18-,22?/m0/s1. The molecule has 6 nitrogen and oxygen atoms in total. The average Bonchev–Trinajstić information content (AvgIpc) is 2.94. The van der Waals surface area contributed by atoms with Gasteiger partial charge in [-0.25, -0.2) is 4.79 Å². The van der Waals surface area contributed by atoms with Crippen molar-refractivity contribution in [2.24, 2.45) is 0 Å². The molecule has 0 fully saturated rings. The van der Waals surface area contributed by atoms with Crippen LogP contribution in [0.1, 0.15) is 43.7 Å². The Kier molecular flexibility index (Phi) is 5.23. The van der Waals surface area contributed by atoms with Crippen LogP contribution in [0.15, 0.2) is 24.3 Å². The number of nitrogens with one attached hydrogen (secondary N) is 1. The summed E-state index contributed by atoms with van der Waals surface area (Å²) < 4.78 is 17.7. The Morgan fingerprint density at radius 1 is 1.43 bits per heavy atom. The molecule has 1 N–H and O–H groups in total. The Morgan fingerprint density at radius 3 is 3.07 bits per heavy atom. The van der Waals surface area contributed by atoms with Crippen LogP contribution in [0, 0.1) is 0 Å². The van der Waals surface area contributed by atoms with Crippen LogP contribution < -0.4 is 14.8 Å². The van der Waals surface area contributed by atoms with Crippen molar-refractivity contribution >= 4 is 6.09 Å². The molecule has 1 unspecified atom stereocenters. The molecule has 2 heterocycles. The Balaban J connectivity index is 1.60. The van der Waals surface area contributed by atoms with Gasteiger partial charge in [-0.05, 0) is 44.1 Å². The molecule has 6 heteroatoms. The van der Waals surface area contributed by atoms with Crippen molar-refractivity contribution in [1.82, 2.24) is 10.2 Å². The summed E-state index contributed by atoms with van der Waals surface area (Å²) in [6, 6.07) is 4.15. The summed E-state index contributed by atoms with van der Waals surface area (Å²) in [5, 5.41) is 2.82. The predicted octanol–water partition coefficient (Wildman–Crippen LogP) is 3.38. The van der Waals surface area contributed by atoms with Crippen molar-refractivity contribution in [3.05, 3.63) is 35.4 Å². The zero-order valence-electron chi connectivity index (χ0n) is 17.0. The lowest BCUT2D eigenvalue weighted by Crippen LogP contribution is -2.44. The van der Waals surface area contributed by atoms with E-state index in [9.17, 15) is 4.79 Å². The molecule has 1 amide bonds. The number of nitrogens with zero attached hydrogens (tertiary/aromatic N) is 1. The van der Waals surface area contributed by atoms with Crippen LogP contribution in [-0.4, -0.2) is 50.4 Å². The number of benzene rings is 1. The van der Waals surface area contributed by atoms with Crippen molar-refractivity contribution in [3.8, 4) is 11.5 Å². The summed E-state index contributed by atoms with van der Waals surface area (Å²) in [4.78, 5) is 14.4. The summed E-state index contributed by atoms with van der Waals surface area (Å²) >= 11 is 0. The molecule has 1 aromatic rings. The second kappa shape index (κ2) is 7.66. The third-order valence-corrected chi connectivity index (χ3v) is 6.19. The maximum Gasteiger partial charge on any atom is 0.407 e. The smallest absolute Gasteiger partial charge is 0.407 e. The van der Waals surface area contributed by atoms with E-state index in [0.717, 1.165) is 43.9 Å². The number of methoxy groups -OCH3 is 1. The number of alkyl carbamates (subject to hydrolysis) is 1. The Labute approximate surface area is 166 Å². The quantitative estimate of drug-likeness (QED) is 0.621. The minimum absolute atomic E-state index is 0.0532. The van der Waals surface area contributed by atoms with E-state index in [4.69, 9.17) is 14.2 Å². The van der Waals surface area contributed by atoms with E-state index >= 15 is 0 Å². The molecule has 0 bridgehead atoms. The number of amides is 1. The van der Waals surface area contributed by atoms with E-state index in [-0.39, 0.29) is 23.7 Å².